The topological polar surface area (TPSA) is 47.3 Å². The summed E-state index contributed by atoms with van der Waals surface area (Å²) in [6.07, 6.45) is 3.29. The van der Waals surface area contributed by atoms with Crippen LogP contribution < -0.4 is 4.74 Å². The summed E-state index contributed by atoms with van der Waals surface area (Å²) in [5.74, 6) is 0.745. The standard InChI is InChI=1S/C11H11BrN2O2/c1-16-11-4-8(2-3-10(11)12)14-7-13-5-9(14)6-15/h2-5,7,15H,6H2,1H3. The Bertz CT molecular complexity index is 496. The lowest BCUT2D eigenvalue weighted by molar-refractivity contribution is 0.274. The maximum absolute atomic E-state index is 9.15. The van der Waals surface area contributed by atoms with Gasteiger partial charge in [0.25, 0.3) is 0 Å². The van der Waals surface area contributed by atoms with Crippen LogP contribution in [0.4, 0.5) is 0 Å². The third kappa shape index (κ3) is 1.96. The number of hydrogen-bond acceptors (Lipinski definition) is 3. The largest absolute Gasteiger partial charge is 0.495 e. The van der Waals surface area contributed by atoms with Crippen molar-refractivity contribution in [3.63, 3.8) is 0 Å². The quantitative estimate of drug-likeness (QED) is 0.938. The number of aliphatic hydroxyl groups excluding tert-OH is 1. The van der Waals surface area contributed by atoms with E-state index < -0.39 is 0 Å². The van der Waals surface area contributed by atoms with Crippen molar-refractivity contribution >= 4 is 15.9 Å². The molecule has 0 saturated heterocycles. The van der Waals surface area contributed by atoms with E-state index in [4.69, 9.17) is 9.84 Å². The van der Waals surface area contributed by atoms with Gasteiger partial charge in [-0.2, -0.15) is 0 Å². The van der Waals surface area contributed by atoms with Crippen LogP contribution in [0.5, 0.6) is 5.75 Å². The number of halogens is 1. The van der Waals surface area contributed by atoms with Crippen LogP contribution in [0.25, 0.3) is 5.69 Å². The number of ether oxygens (including phenoxy) is 1. The third-order valence-corrected chi connectivity index (χ3v) is 2.95. The number of benzene rings is 1. The van der Waals surface area contributed by atoms with E-state index in [1.165, 1.54) is 0 Å². The lowest BCUT2D eigenvalue weighted by Gasteiger charge is -2.09. The molecule has 0 spiro atoms. The predicted molar refractivity (Wildman–Crippen MR) is 63.7 cm³/mol. The van der Waals surface area contributed by atoms with E-state index in [9.17, 15) is 0 Å². The monoisotopic (exact) mass is 282 g/mol. The van der Waals surface area contributed by atoms with Gasteiger partial charge in [-0.05, 0) is 28.1 Å². The zero-order valence-corrected chi connectivity index (χ0v) is 10.3. The summed E-state index contributed by atoms with van der Waals surface area (Å²) in [7, 11) is 1.62. The first-order chi connectivity index (χ1) is 7.76. The lowest BCUT2D eigenvalue weighted by atomic mass is 10.3. The Morgan fingerprint density at radius 3 is 3.00 bits per heavy atom. The van der Waals surface area contributed by atoms with Crippen LogP contribution in [0.1, 0.15) is 5.69 Å². The normalized spacial score (nSPS) is 10.4. The molecule has 5 heteroatoms. The van der Waals surface area contributed by atoms with Gasteiger partial charge in [0.15, 0.2) is 0 Å². The van der Waals surface area contributed by atoms with Gasteiger partial charge in [0.2, 0.25) is 0 Å². The van der Waals surface area contributed by atoms with Gasteiger partial charge in [0.1, 0.15) is 5.75 Å². The smallest absolute Gasteiger partial charge is 0.135 e. The number of rotatable bonds is 3. The van der Waals surface area contributed by atoms with Gasteiger partial charge in [-0.1, -0.05) is 0 Å². The number of nitrogens with zero attached hydrogens (tertiary/aromatic N) is 2. The van der Waals surface area contributed by atoms with Crippen LogP contribution in [0, 0.1) is 0 Å². The van der Waals surface area contributed by atoms with Crippen molar-refractivity contribution in [2.24, 2.45) is 0 Å². The van der Waals surface area contributed by atoms with Crippen molar-refractivity contribution in [2.75, 3.05) is 7.11 Å². The molecule has 0 fully saturated rings. The minimum Gasteiger partial charge on any atom is -0.495 e. The van der Waals surface area contributed by atoms with Gasteiger partial charge >= 0.3 is 0 Å². The van der Waals surface area contributed by atoms with Crippen LogP contribution in [-0.2, 0) is 6.61 Å². The summed E-state index contributed by atoms with van der Waals surface area (Å²) in [4.78, 5) is 4.00. The number of imidazole rings is 1. The molecule has 0 amide bonds. The van der Waals surface area contributed by atoms with Crippen molar-refractivity contribution in [2.45, 2.75) is 6.61 Å². The van der Waals surface area contributed by atoms with E-state index in [0.717, 1.165) is 21.6 Å². The second kappa shape index (κ2) is 4.67. The number of hydrogen-bond donors (Lipinski definition) is 1. The maximum Gasteiger partial charge on any atom is 0.135 e. The van der Waals surface area contributed by atoms with Gasteiger partial charge in [0.05, 0.1) is 42.1 Å². The molecule has 1 aromatic carbocycles. The van der Waals surface area contributed by atoms with Crippen LogP contribution in [0.2, 0.25) is 0 Å². The molecule has 0 aliphatic heterocycles. The number of methoxy groups -OCH3 is 1. The molecule has 2 rings (SSSR count). The Morgan fingerprint density at radius 2 is 2.31 bits per heavy atom. The molecular weight excluding hydrogens is 272 g/mol. The van der Waals surface area contributed by atoms with Gasteiger partial charge in [-0.3, -0.25) is 0 Å². The summed E-state index contributed by atoms with van der Waals surface area (Å²) in [6, 6.07) is 5.70. The van der Waals surface area contributed by atoms with Crippen molar-refractivity contribution in [1.29, 1.82) is 0 Å². The Hall–Kier alpha value is -1.33. The Balaban J connectivity index is 2.48. The number of aromatic nitrogens is 2. The van der Waals surface area contributed by atoms with E-state index in [1.807, 2.05) is 22.8 Å². The first-order valence-corrected chi connectivity index (χ1v) is 5.51. The molecule has 0 bridgehead atoms. The highest BCUT2D eigenvalue weighted by Gasteiger charge is 2.06. The maximum atomic E-state index is 9.15. The summed E-state index contributed by atoms with van der Waals surface area (Å²) in [5.41, 5.74) is 1.64. The first-order valence-electron chi connectivity index (χ1n) is 4.72. The van der Waals surface area contributed by atoms with E-state index in [0.29, 0.717) is 0 Å². The number of aliphatic hydroxyl groups is 1. The lowest BCUT2D eigenvalue weighted by Crippen LogP contribution is -1.99. The van der Waals surface area contributed by atoms with Crippen molar-refractivity contribution in [3.8, 4) is 11.4 Å². The average molecular weight is 283 g/mol. The second-order valence-electron chi connectivity index (χ2n) is 3.23. The highest BCUT2D eigenvalue weighted by molar-refractivity contribution is 9.10. The minimum atomic E-state index is -0.0433. The summed E-state index contributed by atoms with van der Waals surface area (Å²) in [5, 5.41) is 9.15. The summed E-state index contributed by atoms with van der Waals surface area (Å²) in [6.45, 7) is -0.0433. The highest BCUT2D eigenvalue weighted by atomic mass is 79.9. The summed E-state index contributed by atoms with van der Waals surface area (Å²) >= 11 is 3.39. The van der Waals surface area contributed by atoms with Gasteiger partial charge in [0, 0.05) is 6.07 Å². The molecule has 1 aromatic heterocycles. The average Bonchev–Trinajstić information content (AvgIpc) is 2.78. The fourth-order valence-electron chi connectivity index (χ4n) is 1.47. The Kier molecular flexibility index (Phi) is 3.26. The Morgan fingerprint density at radius 1 is 1.50 bits per heavy atom. The molecule has 0 saturated carbocycles. The molecule has 2 aromatic rings. The fraction of sp³-hybridized carbons (Fsp3) is 0.182. The third-order valence-electron chi connectivity index (χ3n) is 2.29. The van der Waals surface area contributed by atoms with Gasteiger partial charge in [-0.25, -0.2) is 4.98 Å². The molecule has 16 heavy (non-hydrogen) atoms. The van der Waals surface area contributed by atoms with E-state index >= 15 is 0 Å². The fourth-order valence-corrected chi connectivity index (χ4v) is 1.88. The van der Waals surface area contributed by atoms with E-state index in [1.54, 1.807) is 19.6 Å². The predicted octanol–water partition coefficient (Wildman–Crippen LogP) is 2.14. The minimum absolute atomic E-state index is 0.0433. The molecule has 1 heterocycles. The Labute approximate surface area is 102 Å². The molecule has 4 nitrogen and oxygen atoms in total. The highest BCUT2D eigenvalue weighted by Crippen LogP contribution is 2.27. The molecule has 0 radical (unpaired) electrons. The molecule has 84 valence electrons. The SMILES string of the molecule is COc1cc(-n2cncc2CO)ccc1Br. The van der Waals surface area contributed by atoms with Crippen LogP contribution in [0.3, 0.4) is 0 Å². The van der Waals surface area contributed by atoms with Crippen molar-refractivity contribution in [1.82, 2.24) is 9.55 Å². The van der Waals surface area contributed by atoms with Gasteiger partial charge in [-0.15, -0.1) is 0 Å². The molecule has 0 atom stereocenters. The van der Waals surface area contributed by atoms with Crippen LogP contribution >= 0.6 is 15.9 Å². The van der Waals surface area contributed by atoms with Crippen LogP contribution in [0.15, 0.2) is 35.2 Å². The van der Waals surface area contributed by atoms with Crippen molar-refractivity contribution in [3.05, 3.63) is 40.9 Å². The van der Waals surface area contributed by atoms with Crippen molar-refractivity contribution < 1.29 is 9.84 Å². The zero-order chi connectivity index (χ0) is 11.5. The van der Waals surface area contributed by atoms with E-state index in [2.05, 4.69) is 20.9 Å². The molecule has 1 N–H and O–H groups in total. The zero-order valence-electron chi connectivity index (χ0n) is 8.72. The second-order valence-corrected chi connectivity index (χ2v) is 4.09. The van der Waals surface area contributed by atoms with E-state index in [-0.39, 0.29) is 6.61 Å². The summed E-state index contributed by atoms with van der Waals surface area (Å²) < 4.78 is 7.92. The molecular formula is C11H11BrN2O2. The van der Waals surface area contributed by atoms with Crippen LogP contribution in [-0.4, -0.2) is 21.8 Å². The first kappa shape index (κ1) is 11.2. The molecule has 0 aliphatic rings. The molecule has 0 unspecified atom stereocenters. The molecule has 0 aliphatic carbocycles. The van der Waals surface area contributed by atoms with Gasteiger partial charge < -0.3 is 14.4 Å².